The second-order valence-electron chi connectivity index (χ2n) is 6.25. The quantitative estimate of drug-likeness (QED) is 0.504. The van der Waals surface area contributed by atoms with Crippen molar-refractivity contribution in [3.8, 4) is 0 Å². The number of methoxy groups -OCH3 is 1. The van der Waals surface area contributed by atoms with E-state index in [1.807, 2.05) is 0 Å². The van der Waals surface area contributed by atoms with Gasteiger partial charge in [-0.1, -0.05) is 18.2 Å². The molecule has 2 amide bonds. The van der Waals surface area contributed by atoms with Gasteiger partial charge in [0.2, 0.25) is 5.91 Å². The van der Waals surface area contributed by atoms with E-state index < -0.39 is 29.8 Å². The van der Waals surface area contributed by atoms with E-state index in [-0.39, 0.29) is 13.2 Å². The largest absolute Gasteiger partial charge is 0.447 e. The number of carbonyl (C=O) groups excluding carboxylic acids is 2. The molecule has 0 aliphatic heterocycles. The molecule has 0 aliphatic rings. The summed E-state index contributed by atoms with van der Waals surface area (Å²) in [6.45, 7) is -0.0830. The van der Waals surface area contributed by atoms with Crippen molar-refractivity contribution in [1.82, 2.24) is 9.55 Å². The molecule has 0 bridgehead atoms. The minimum Gasteiger partial charge on any atom is -0.447 e. The fraction of sp³-hybridized carbons (Fsp3) is 0.200. The van der Waals surface area contributed by atoms with E-state index in [1.54, 1.807) is 42.5 Å². The first kappa shape index (κ1) is 20.8. The number of hydrogen-bond acceptors (Lipinski definition) is 6. The van der Waals surface area contributed by atoms with Gasteiger partial charge in [-0.15, -0.1) is 0 Å². The second-order valence-corrected chi connectivity index (χ2v) is 6.25. The van der Waals surface area contributed by atoms with Gasteiger partial charge in [-0.05, 0) is 30.3 Å². The van der Waals surface area contributed by atoms with Gasteiger partial charge in [-0.3, -0.25) is 19.5 Å². The summed E-state index contributed by atoms with van der Waals surface area (Å²) in [5.74, 6) is -0.572. The van der Waals surface area contributed by atoms with Gasteiger partial charge in [0.15, 0.2) is 0 Å². The molecule has 10 heteroatoms. The van der Waals surface area contributed by atoms with Crippen LogP contribution in [0.15, 0.2) is 58.1 Å². The monoisotopic (exact) mass is 412 g/mol. The number of nitrogens with one attached hydrogen (secondary N) is 3. The Labute approximate surface area is 170 Å². The molecule has 0 spiro atoms. The van der Waals surface area contributed by atoms with Crippen LogP contribution in [-0.4, -0.2) is 41.9 Å². The summed E-state index contributed by atoms with van der Waals surface area (Å²) in [5, 5.41) is 5.43. The molecule has 3 aromatic rings. The van der Waals surface area contributed by atoms with Crippen molar-refractivity contribution >= 4 is 34.3 Å². The number of ether oxygens (including phenoxy) is 2. The highest BCUT2D eigenvalue weighted by Crippen LogP contribution is 2.15. The van der Waals surface area contributed by atoms with Crippen molar-refractivity contribution in [2.24, 2.45) is 0 Å². The Kier molecular flexibility index (Phi) is 6.60. The van der Waals surface area contributed by atoms with Gasteiger partial charge in [-0.25, -0.2) is 9.59 Å². The topological polar surface area (TPSA) is 132 Å². The number of amides is 2. The lowest BCUT2D eigenvalue weighted by Crippen LogP contribution is -2.38. The molecule has 10 nitrogen and oxygen atoms in total. The number of nitrogens with zero attached hydrogens (tertiary/aromatic N) is 1. The lowest BCUT2D eigenvalue weighted by molar-refractivity contribution is -0.116. The van der Waals surface area contributed by atoms with Crippen molar-refractivity contribution in [1.29, 1.82) is 0 Å². The highest BCUT2D eigenvalue weighted by atomic mass is 16.6. The van der Waals surface area contributed by atoms with E-state index in [4.69, 9.17) is 9.47 Å². The van der Waals surface area contributed by atoms with Crippen LogP contribution in [0.5, 0.6) is 0 Å². The number of hydrogen-bond donors (Lipinski definition) is 3. The number of H-pyrrole nitrogens is 1. The fourth-order valence-electron chi connectivity index (χ4n) is 2.73. The highest BCUT2D eigenvalue weighted by Gasteiger charge is 2.12. The third-order valence-electron chi connectivity index (χ3n) is 4.10. The average molecular weight is 412 g/mol. The summed E-state index contributed by atoms with van der Waals surface area (Å²) in [4.78, 5) is 51.3. The lowest BCUT2D eigenvalue weighted by atomic mass is 10.2. The Balaban J connectivity index is 1.69. The maximum atomic E-state index is 12.5. The van der Waals surface area contributed by atoms with Crippen LogP contribution in [0.4, 0.5) is 16.2 Å². The Morgan fingerprint density at radius 1 is 1.00 bits per heavy atom. The zero-order chi connectivity index (χ0) is 21.5. The Morgan fingerprint density at radius 2 is 1.73 bits per heavy atom. The number of aromatic nitrogens is 2. The minimum atomic E-state index is -0.678. The van der Waals surface area contributed by atoms with Crippen LogP contribution < -0.4 is 21.9 Å². The second kappa shape index (κ2) is 9.52. The Hall–Kier alpha value is -3.92. The normalized spacial score (nSPS) is 10.6. The van der Waals surface area contributed by atoms with Gasteiger partial charge in [0, 0.05) is 18.5 Å². The summed E-state index contributed by atoms with van der Waals surface area (Å²) in [6.07, 6.45) is -0.662. The summed E-state index contributed by atoms with van der Waals surface area (Å²) in [5.41, 5.74) is -0.0574. The maximum absolute atomic E-state index is 12.5. The molecule has 3 rings (SSSR count). The summed E-state index contributed by atoms with van der Waals surface area (Å²) < 4.78 is 10.5. The zero-order valence-electron chi connectivity index (χ0n) is 16.1. The first-order valence-corrected chi connectivity index (χ1v) is 9.02. The van der Waals surface area contributed by atoms with Crippen LogP contribution in [0.25, 0.3) is 10.9 Å². The smallest absolute Gasteiger partial charge is 0.411 e. The standard InChI is InChI=1S/C20H20N4O6/c1-29-9-10-30-20(28)22-14-6-4-5-13(11-14)21-17(25)12-24-18(26)15-7-2-3-8-16(15)23-19(24)27/h2-8,11H,9-10,12H2,1H3,(H,21,25)(H,22,28)(H,23,27). The molecule has 2 aromatic carbocycles. The van der Waals surface area contributed by atoms with Crippen LogP contribution in [0.2, 0.25) is 0 Å². The van der Waals surface area contributed by atoms with Gasteiger partial charge >= 0.3 is 11.8 Å². The number of carbonyl (C=O) groups is 2. The number of aromatic amines is 1. The van der Waals surface area contributed by atoms with Crippen molar-refractivity contribution in [3.05, 3.63) is 69.4 Å². The number of fused-ring (bicyclic) bond motifs is 1. The third-order valence-corrected chi connectivity index (χ3v) is 4.10. The molecule has 30 heavy (non-hydrogen) atoms. The van der Waals surface area contributed by atoms with E-state index in [0.29, 0.717) is 22.3 Å². The highest BCUT2D eigenvalue weighted by molar-refractivity contribution is 5.92. The fourth-order valence-corrected chi connectivity index (χ4v) is 2.73. The maximum Gasteiger partial charge on any atom is 0.411 e. The number of anilines is 2. The summed E-state index contributed by atoms with van der Waals surface area (Å²) in [6, 6.07) is 12.9. The molecule has 1 aromatic heterocycles. The predicted octanol–water partition coefficient (Wildman–Crippen LogP) is 1.52. The van der Waals surface area contributed by atoms with Crippen LogP contribution in [-0.2, 0) is 20.8 Å². The number of rotatable bonds is 7. The zero-order valence-corrected chi connectivity index (χ0v) is 16.1. The Morgan fingerprint density at radius 3 is 2.50 bits per heavy atom. The molecule has 1 heterocycles. The van der Waals surface area contributed by atoms with Crippen LogP contribution in [0.3, 0.4) is 0 Å². The summed E-state index contributed by atoms with van der Waals surface area (Å²) in [7, 11) is 1.49. The average Bonchev–Trinajstić information content (AvgIpc) is 2.71. The molecular weight excluding hydrogens is 392 g/mol. The lowest BCUT2D eigenvalue weighted by Gasteiger charge is -2.10. The Bertz CT molecular complexity index is 1180. The SMILES string of the molecule is COCCOC(=O)Nc1cccc(NC(=O)Cn2c(=O)[nH]c3ccccc3c2=O)c1. The van der Waals surface area contributed by atoms with E-state index in [9.17, 15) is 19.2 Å². The van der Waals surface area contributed by atoms with Gasteiger partial charge in [0.05, 0.1) is 17.5 Å². The number of para-hydroxylation sites is 1. The van der Waals surface area contributed by atoms with Crippen molar-refractivity contribution in [2.75, 3.05) is 31.0 Å². The van der Waals surface area contributed by atoms with E-state index in [1.165, 1.54) is 13.2 Å². The van der Waals surface area contributed by atoms with Crippen LogP contribution in [0, 0.1) is 0 Å². The third kappa shape index (κ3) is 5.11. The van der Waals surface area contributed by atoms with Crippen molar-refractivity contribution < 1.29 is 19.1 Å². The van der Waals surface area contributed by atoms with Crippen molar-refractivity contribution in [2.45, 2.75) is 6.54 Å². The van der Waals surface area contributed by atoms with Gasteiger partial charge < -0.3 is 19.8 Å². The van der Waals surface area contributed by atoms with Crippen LogP contribution in [0.1, 0.15) is 0 Å². The predicted molar refractivity (Wildman–Crippen MR) is 111 cm³/mol. The first-order valence-electron chi connectivity index (χ1n) is 9.02. The molecule has 0 fully saturated rings. The molecular formula is C20H20N4O6. The van der Waals surface area contributed by atoms with Crippen molar-refractivity contribution in [3.63, 3.8) is 0 Å². The van der Waals surface area contributed by atoms with E-state index in [2.05, 4.69) is 15.6 Å². The molecule has 3 N–H and O–H groups in total. The molecule has 0 radical (unpaired) electrons. The van der Waals surface area contributed by atoms with Gasteiger partial charge in [0.1, 0.15) is 13.2 Å². The molecule has 0 unspecified atom stereocenters. The molecule has 0 saturated carbocycles. The molecule has 0 saturated heterocycles. The molecule has 156 valence electrons. The molecule has 0 aliphatic carbocycles. The van der Waals surface area contributed by atoms with Crippen LogP contribution >= 0.6 is 0 Å². The number of benzene rings is 2. The molecule has 0 atom stereocenters. The summed E-state index contributed by atoms with van der Waals surface area (Å²) >= 11 is 0. The van der Waals surface area contributed by atoms with Gasteiger partial charge in [0.25, 0.3) is 5.56 Å². The minimum absolute atomic E-state index is 0.105. The first-order chi connectivity index (χ1) is 14.5. The van der Waals surface area contributed by atoms with E-state index >= 15 is 0 Å². The van der Waals surface area contributed by atoms with Gasteiger partial charge in [-0.2, -0.15) is 0 Å². The van der Waals surface area contributed by atoms with E-state index in [0.717, 1.165) is 4.57 Å².